The van der Waals surface area contributed by atoms with Crippen molar-refractivity contribution < 1.29 is 4.52 Å². The summed E-state index contributed by atoms with van der Waals surface area (Å²) < 4.78 is 5.36. The molecule has 0 bridgehead atoms. The van der Waals surface area contributed by atoms with Gasteiger partial charge in [0.1, 0.15) is 6.54 Å². The molecule has 1 aromatic carbocycles. The van der Waals surface area contributed by atoms with Gasteiger partial charge in [-0.3, -0.25) is 0 Å². The highest BCUT2D eigenvalue weighted by atomic mass is 127. The summed E-state index contributed by atoms with van der Waals surface area (Å²) in [7, 11) is 0. The van der Waals surface area contributed by atoms with Gasteiger partial charge in [0.25, 0.3) is 0 Å². The number of anilines is 1. The largest absolute Gasteiger partial charge is 0.370 e. The first-order valence-electron chi connectivity index (χ1n) is 8.65. The standard InChI is InChI=1S/C19H28N4O.HI/c1-5-14(6-2)18-11-17(24-23-18)12-21-19(20)22-16-9-7-8-15(10-16)13(3)4;/h7-11,13-14H,5-6,12H2,1-4H3,(H3,20,21,22);1H. The van der Waals surface area contributed by atoms with E-state index in [1.807, 2.05) is 18.2 Å². The van der Waals surface area contributed by atoms with E-state index >= 15 is 0 Å². The van der Waals surface area contributed by atoms with Crippen LogP contribution in [0.5, 0.6) is 0 Å². The Bertz CT molecular complexity index is 678. The van der Waals surface area contributed by atoms with Crippen LogP contribution in [-0.4, -0.2) is 11.1 Å². The van der Waals surface area contributed by atoms with Gasteiger partial charge in [0.15, 0.2) is 11.7 Å². The average Bonchev–Trinajstić information content (AvgIpc) is 3.03. The van der Waals surface area contributed by atoms with Gasteiger partial charge in [-0.25, -0.2) is 4.99 Å². The predicted octanol–water partition coefficient (Wildman–Crippen LogP) is 5.25. The van der Waals surface area contributed by atoms with Crippen molar-refractivity contribution in [2.75, 3.05) is 5.32 Å². The Morgan fingerprint density at radius 3 is 2.60 bits per heavy atom. The number of guanidine groups is 1. The fourth-order valence-electron chi connectivity index (χ4n) is 2.63. The van der Waals surface area contributed by atoms with E-state index in [9.17, 15) is 0 Å². The van der Waals surface area contributed by atoms with Gasteiger partial charge < -0.3 is 15.6 Å². The lowest BCUT2D eigenvalue weighted by Gasteiger charge is -2.09. The predicted molar refractivity (Wildman–Crippen MR) is 115 cm³/mol. The molecular formula is C19H29IN4O. The molecule has 138 valence electrons. The summed E-state index contributed by atoms with van der Waals surface area (Å²) >= 11 is 0. The van der Waals surface area contributed by atoms with E-state index in [0.29, 0.717) is 24.3 Å². The van der Waals surface area contributed by atoms with Crippen LogP contribution >= 0.6 is 24.0 Å². The zero-order valence-corrected chi connectivity index (χ0v) is 17.8. The summed E-state index contributed by atoms with van der Waals surface area (Å²) in [5.74, 6) is 2.03. The van der Waals surface area contributed by atoms with Crippen LogP contribution in [0, 0.1) is 0 Å². The SMILES string of the molecule is CCC(CC)c1cc(CN=C(N)Nc2cccc(C(C)C)c2)on1.I. The molecule has 0 amide bonds. The number of benzene rings is 1. The molecule has 0 atom stereocenters. The van der Waals surface area contributed by atoms with Crippen LogP contribution in [0.25, 0.3) is 0 Å². The molecule has 3 N–H and O–H groups in total. The zero-order valence-electron chi connectivity index (χ0n) is 15.5. The van der Waals surface area contributed by atoms with Crippen LogP contribution in [-0.2, 0) is 6.54 Å². The molecule has 0 radical (unpaired) electrons. The molecule has 2 rings (SSSR count). The number of aliphatic imine (C=N–C) groups is 1. The molecular weight excluding hydrogens is 427 g/mol. The van der Waals surface area contributed by atoms with Gasteiger partial charge in [0, 0.05) is 17.7 Å². The van der Waals surface area contributed by atoms with Crippen molar-refractivity contribution in [2.24, 2.45) is 10.7 Å². The maximum absolute atomic E-state index is 5.98. The lowest BCUT2D eigenvalue weighted by molar-refractivity contribution is 0.372. The molecule has 0 saturated heterocycles. The molecule has 1 heterocycles. The molecule has 25 heavy (non-hydrogen) atoms. The van der Waals surface area contributed by atoms with Gasteiger partial charge in [-0.15, -0.1) is 24.0 Å². The summed E-state index contributed by atoms with van der Waals surface area (Å²) in [4.78, 5) is 4.34. The van der Waals surface area contributed by atoms with E-state index in [2.05, 4.69) is 55.3 Å². The number of hydrogen-bond acceptors (Lipinski definition) is 3. The van der Waals surface area contributed by atoms with Crippen molar-refractivity contribution in [2.45, 2.75) is 58.9 Å². The van der Waals surface area contributed by atoms with E-state index in [-0.39, 0.29) is 24.0 Å². The third kappa shape index (κ3) is 6.34. The maximum atomic E-state index is 5.98. The third-order valence-electron chi connectivity index (χ3n) is 4.21. The van der Waals surface area contributed by atoms with Crippen molar-refractivity contribution >= 4 is 35.6 Å². The summed E-state index contributed by atoms with van der Waals surface area (Å²) in [6, 6.07) is 10.2. The van der Waals surface area contributed by atoms with E-state index in [0.717, 1.165) is 30.0 Å². The van der Waals surface area contributed by atoms with Crippen LogP contribution in [0.15, 0.2) is 39.8 Å². The number of nitrogens with two attached hydrogens (primary N) is 1. The van der Waals surface area contributed by atoms with Gasteiger partial charge >= 0.3 is 0 Å². The minimum atomic E-state index is 0. The summed E-state index contributed by atoms with van der Waals surface area (Å²) in [6.45, 7) is 9.04. The van der Waals surface area contributed by atoms with Crippen molar-refractivity contribution in [3.63, 3.8) is 0 Å². The minimum Gasteiger partial charge on any atom is -0.370 e. The van der Waals surface area contributed by atoms with Crippen molar-refractivity contribution in [3.8, 4) is 0 Å². The van der Waals surface area contributed by atoms with Gasteiger partial charge in [-0.1, -0.05) is 45.0 Å². The number of halogens is 1. The number of nitrogens with one attached hydrogen (secondary N) is 1. The quantitative estimate of drug-likeness (QED) is 0.339. The molecule has 5 nitrogen and oxygen atoms in total. The summed E-state index contributed by atoms with van der Waals surface area (Å²) in [5.41, 5.74) is 9.18. The molecule has 1 aromatic heterocycles. The van der Waals surface area contributed by atoms with Crippen LogP contribution in [0.3, 0.4) is 0 Å². The number of rotatable bonds is 7. The minimum absolute atomic E-state index is 0. The van der Waals surface area contributed by atoms with Gasteiger partial charge in [0.05, 0.1) is 5.69 Å². The van der Waals surface area contributed by atoms with Gasteiger partial charge in [-0.2, -0.15) is 0 Å². The fraction of sp³-hybridized carbons (Fsp3) is 0.474. The first-order chi connectivity index (χ1) is 11.5. The molecule has 0 saturated carbocycles. The fourth-order valence-corrected chi connectivity index (χ4v) is 2.63. The number of nitrogens with zero attached hydrogens (tertiary/aromatic N) is 2. The van der Waals surface area contributed by atoms with Crippen molar-refractivity contribution in [3.05, 3.63) is 47.3 Å². The number of hydrogen-bond donors (Lipinski definition) is 2. The lowest BCUT2D eigenvalue weighted by Crippen LogP contribution is -2.22. The highest BCUT2D eigenvalue weighted by Gasteiger charge is 2.12. The topological polar surface area (TPSA) is 76.4 Å². The Morgan fingerprint density at radius 2 is 1.96 bits per heavy atom. The maximum Gasteiger partial charge on any atom is 0.193 e. The Labute approximate surface area is 167 Å². The van der Waals surface area contributed by atoms with Crippen LogP contribution < -0.4 is 11.1 Å². The first-order valence-corrected chi connectivity index (χ1v) is 8.65. The second-order valence-electron chi connectivity index (χ2n) is 6.34. The smallest absolute Gasteiger partial charge is 0.193 e. The van der Waals surface area contributed by atoms with Crippen molar-refractivity contribution in [1.29, 1.82) is 0 Å². The zero-order chi connectivity index (χ0) is 17.5. The van der Waals surface area contributed by atoms with Crippen LogP contribution in [0.1, 0.15) is 69.4 Å². The monoisotopic (exact) mass is 456 g/mol. The Balaban J connectivity index is 0.00000312. The highest BCUT2D eigenvalue weighted by Crippen LogP contribution is 2.22. The summed E-state index contributed by atoms with van der Waals surface area (Å²) in [5, 5.41) is 7.27. The molecule has 0 spiro atoms. The Hall–Kier alpha value is -1.57. The van der Waals surface area contributed by atoms with E-state index in [1.54, 1.807) is 0 Å². The highest BCUT2D eigenvalue weighted by molar-refractivity contribution is 14.0. The molecule has 0 aliphatic heterocycles. The molecule has 0 unspecified atom stereocenters. The lowest BCUT2D eigenvalue weighted by atomic mass is 9.99. The van der Waals surface area contributed by atoms with Gasteiger partial charge in [0.2, 0.25) is 0 Å². The van der Waals surface area contributed by atoms with Crippen molar-refractivity contribution in [1.82, 2.24) is 5.16 Å². The normalized spacial score (nSPS) is 11.7. The molecule has 0 fully saturated rings. The second-order valence-corrected chi connectivity index (χ2v) is 6.34. The number of aromatic nitrogens is 1. The Morgan fingerprint density at radius 1 is 1.24 bits per heavy atom. The van der Waals surface area contributed by atoms with Crippen LogP contribution in [0.4, 0.5) is 5.69 Å². The van der Waals surface area contributed by atoms with E-state index in [4.69, 9.17) is 10.3 Å². The van der Waals surface area contributed by atoms with Crippen LogP contribution in [0.2, 0.25) is 0 Å². The Kier molecular flexibility index (Phi) is 8.96. The summed E-state index contributed by atoms with van der Waals surface area (Å²) in [6.07, 6.45) is 2.11. The molecule has 0 aliphatic carbocycles. The average molecular weight is 456 g/mol. The molecule has 2 aromatic rings. The molecule has 6 heteroatoms. The third-order valence-corrected chi connectivity index (χ3v) is 4.21. The second kappa shape index (κ2) is 10.4. The molecule has 0 aliphatic rings. The van der Waals surface area contributed by atoms with E-state index < -0.39 is 0 Å². The first kappa shape index (κ1) is 21.5. The van der Waals surface area contributed by atoms with E-state index in [1.165, 1.54) is 5.56 Å². The van der Waals surface area contributed by atoms with Gasteiger partial charge in [-0.05, 0) is 36.5 Å².